The van der Waals surface area contributed by atoms with Crippen molar-refractivity contribution in [2.75, 3.05) is 6.54 Å². The molecule has 0 aromatic heterocycles. The van der Waals surface area contributed by atoms with Crippen molar-refractivity contribution < 1.29 is 0 Å². The van der Waals surface area contributed by atoms with Crippen molar-refractivity contribution in [2.24, 2.45) is 11.5 Å². The Kier molecular flexibility index (Phi) is 13.9. The second-order valence-electron chi connectivity index (χ2n) is 5.31. The summed E-state index contributed by atoms with van der Waals surface area (Å²) in [6, 6.07) is 0.458. The van der Waals surface area contributed by atoms with Crippen molar-refractivity contribution in [1.82, 2.24) is 0 Å². The van der Waals surface area contributed by atoms with Gasteiger partial charge < -0.3 is 11.5 Å². The molecule has 0 aromatic carbocycles. The van der Waals surface area contributed by atoms with E-state index in [1.807, 2.05) is 0 Å². The number of hydrogen-bond acceptors (Lipinski definition) is 2. The molecule has 0 amide bonds. The van der Waals surface area contributed by atoms with Crippen LogP contribution in [0.1, 0.15) is 84.0 Å². The van der Waals surface area contributed by atoms with E-state index in [2.05, 4.69) is 6.92 Å². The molecular weight excluding hydrogens is 208 g/mol. The van der Waals surface area contributed by atoms with Gasteiger partial charge in [-0.3, -0.25) is 0 Å². The maximum atomic E-state index is 6.04. The maximum Gasteiger partial charge on any atom is 0.00388 e. The first kappa shape index (κ1) is 16.9. The lowest BCUT2D eigenvalue weighted by Crippen LogP contribution is -2.19. The highest BCUT2D eigenvalue weighted by atomic mass is 14.6. The van der Waals surface area contributed by atoms with Gasteiger partial charge in [-0.2, -0.15) is 0 Å². The van der Waals surface area contributed by atoms with E-state index in [4.69, 9.17) is 11.5 Å². The predicted octanol–water partition coefficient (Wildman–Crippen LogP) is 3.97. The van der Waals surface area contributed by atoms with E-state index in [0.29, 0.717) is 6.04 Å². The molecule has 4 N–H and O–H groups in total. The normalized spacial score (nSPS) is 12.9. The molecule has 0 aliphatic heterocycles. The zero-order chi connectivity index (χ0) is 12.8. The Morgan fingerprint density at radius 1 is 0.706 bits per heavy atom. The molecule has 0 aliphatic carbocycles. The topological polar surface area (TPSA) is 52.0 Å². The summed E-state index contributed by atoms with van der Waals surface area (Å²) in [4.78, 5) is 0. The molecule has 2 heteroatoms. The van der Waals surface area contributed by atoms with Gasteiger partial charge in [0.25, 0.3) is 0 Å². The van der Waals surface area contributed by atoms with Gasteiger partial charge in [0.05, 0.1) is 0 Å². The highest BCUT2D eigenvalue weighted by molar-refractivity contribution is 4.61. The average molecular weight is 242 g/mol. The molecule has 17 heavy (non-hydrogen) atoms. The summed E-state index contributed by atoms with van der Waals surface area (Å²) in [5, 5.41) is 0. The minimum atomic E-state index is 0.458. The predicted molar refractivity (Wildman–Crippen MR) is 78.1 cm³/mol. The Bertz CT molecular complexity index is 137. The summed E-state index contributed by atoms with van der Waals surface area (Å²) < 4.78 is 0. The first-order valence-corrected chi connectivity index (χ1v) is 7.77. The molecule has 0 aliphatic rings. The Morgan fingerprint density at radius 3 is 1.71 bits per heavy atom. The first-order chi connectivity index (χ1) is 8.31. The van der Waals surface area contributed by atoms with Crippen LogP contribution in [-0.2, 0) is 0 Å². The van der Waals surface area contributed by atoms with Crippen LogP contribution < -0.4 is 11.5 Å². The Balaban J connectivity index is 3.02. The molecule has 0 spiro atoms. The van der Waals surface area contributed by atoms with Gasteiger partial charge in [0.15, 0.2) is 0 Å². The fourth-order valence-corrected chi connectivity index (χ4v) is 2.22. The molecule has 0 saturated carbocycles. The standard InChI is InChI=1S/C15H34N2/c1-2-3-12-15(17)13-10-8-6-4-5-7-9-11-14-16/h15H,2-14,16-17H2,1H3. The molecule has 0 fully saturated rings. The van der Waals surface area contributed by atoms with Crippen molar-refractivity contribution in [3.8, 4) is 0 Å². The van der Waals surface area contributed by atoms with E-state index in [1.54, 1.807) is 0 Å². The van der Waals surface area contributed by atoms with Crippen LogP contribution in [0.4, 0.5) is 0 Å². The Morgan fingerprint density at radius 2 is 1.18 bits per heavy atom. The van der Waals surface area contributed by atoms with Crippen LogP contribution in [-0.4, -0.2) is 12.6 Å². The maximum absolute atomic E-state index is 6.04. The molecule has 0 bridgehead atoms. The van der Waals surface area contributed by atoms with E-state index in [9.17, 15) is 0 Å². The molecule has 0 saturated heterocycles. The summed E-state index contributed by atoms with van der Waals surface area (Å²) in [6.45, 7) is 3.09. The number of rotatable bonds is 13. The van der Waals surface area contributed by atoms with Gasteiger partial charge >= 0.3 is 0 Å². The summed E-state index contributed by atoms with van der Waals surface area (Å²) >= 11 is 0. The molecule has 2 nitrogen and oxygen atoms in total. The number of unbranched alkanes of at least 4 members (excludes halogenated alkanes) is 8. The van der Waals surface area contributed by atoms with Crippen LogP contribution in [0.5, 0.6) is 0 Å². The second kappa shape index (κ2) is 14.0. The van der Waals surface area contributed by atoms with Crippen molar-refractivity contribution >= 4 is 0 Å². The minimum Gasteiger partial charge on any atom is -0.330 e. The lowest BCUT2D eigenvalue weighted by Gasteiger charge is -2.10. The zero-order valence-electron chi connectivity index (χ0n) is 11.9. The molecular formula is C15H34N2. The van der Waals surface area contributed by atoms with Gasteiger partial charge in [-0.1, -0.05) is 64.7 Å². The fourth-order valence-electron chi connectivity index (χ4n) is 2.22. The van der Waals surface area contributed by atoms with Gasteiger partial charge in [-0.05, 0) is 25.8 Å². The SMILES string of the molecule is CCCCC(N)CCCCCCCCCCN. The van der Waals surface area contributed by atoms with Crippen molar-refractivity contribution in [2.45, 2.75) is 90.0 Å². The molecule has 1 unspecified atom stereocenters. The lowest BCUT2D eigenvalue weighted by atomic mass is 10.0. The van der Waals surface area contributed by atoms with Crippen molar-refractivity contribution in [1.29, 1.82) is 0 Å². The van der Waals surface area contributed by atoms with E-state index in [1.165, 1.54) is 77.0 Å². The summed E-state index contributed by atoms with van der Waals surface area (Å²) in [6.07, 6.45) is 15.8. The summed E-state index contributed by atoms with van der Waals surface area (Å²) in [5.74, 6) is 0. The number of nitrogens with two attached hydrogens (primary N) is 2. The van der Waals surface area contributed by atoms with Gasteiger partial charge in [-0.25, -0.2) is 0 Å². The Hall–Kier alpha value is -0.0800. The molecule has 0 radical (unpaired) electrons. The zero-order valence-corrected chi connectivity index (χ0v) is 11.9. The lowest BCUT2D eigenvalue weighted by molar-refractivity contribution is 0.494. The van der Waals surface area contributed by atoms with Crippen LogP contribution in [0.3, 0.4) is 0 Å². The molecule has 1 atom stereocenters. The molecule has 0 heterocycles. The quantitative estimate of drug-likeness (QED) is 0.480. The first-order valence-electron chi connectivity index (χ1n) is 7.77. The van der Waals surface area contributed by atoms with Gasteiger partial charge in [0.1, 0.15) is 0 Å². The highest BCUT2D eigenvalue weighted by Crippen LogP contribution is 2.11. The third kappa shape index (κ3) is 13.9. The van der Waals surface area contributed by atoms with Crippen LogP contribution in [0.2, 0.25) is 0 Å². The molecule has 104 valence electrons. The third-order valence-corrected chi connectivity index (χ3v) is 3.46. The van der Waals surface area contributed by atoms with Crippen LogP contribution in [0.25, 0.3) is 0 Å². The van der Waals surface area contributed by atoms with Gasteiger partial charge in [0.2, 0.25) is 0 Å². The van der Waals surface area contributed by atoms with E-state index < -0.39 is 0 Å². The Labute approximate surface area is 109 Å². The van der Waals surface area contributed by atoms with Crippen LogP contribution >= 0.6 is 0 Å². The highest BCUT2D eigenvalue weighted by Gasteiger charge is 2.01. The van der Waals surface area contributed by atoms with Crippen LogP contribution in [0.15, 0.2) is 0 Å². The third-order valence-electron chi connectivity index (χ3n) is 3.46. The summed E-state index contributed by atoms with van der Waals surface area (Å²) in [7, 11) is 0. The van der Waals surface area contributed by atoms with E-state index in [-0.39, 0.29) is 0 Å². The minimum absolute atomic E-state index is 0.458. The van der Waals surface area contributed by atoms with E-state index >= 15 is 0 Å². The monoisotopic (exact) mass is 242 g/mol. The second-order valence-corrected chi connectivity index (χ2v) is 5.31. The van der Waals surface area contributed by atoms with Crippen molar-refractivity contribution in [3.63, 3.8) is 0 Å². The summed E-state index contributed by atoms with van der Waals surface area (Å²) in [5.41, 5.74) is 11.5. The molecule has 0 rings (SSSR count). The smallest absolute Gasteiger partial charge is 0.00388 e. The van der Waals surface area contributed by atoms with E-state index in [0.717, 1.165) is 6.54 Å². The largest absolute Gasteiger partial charge is 0.330 e. The molecule has 0 aromatic rings. The van der Waals surface area contributed by atoms with Crippen LogP contribution in [0, 0.1) is 0 Å². The fraction of sp³-hybridized carbons (Fsp3) is 1.00. The van der Waals surface area contributed by atoms with Crippen molar-refractivity contribution in [3.05, 3.63) is 0 Å². The van der Waals surface area contributed by atoms with Gasteiger partial charge in [-0.15, -0.1) is 0 Å². The number of hydrogen-bond donors (Lipinski definition) is 2. The van der Waals surface area contributed by atoms with Gasteiger partial charge in [0, 0.05) is 6.04 Å². The average Bonchev–Trinajstić information content (AvgIpc) is 2.34.